The molecular formula is C14H17BrN2OS. The lowest BCUT2D eigenvalue weighted by molar-refractivity contribution is 0.467. The number of halogens is 1. The van der Waals surface area contributed by atoms with Crippen LogP contribution in [-0.4, -0.2) is 9.36 Å². The van der Waals surface area contributed by atoms with Crippen molar-refractivity contribution in [2.45, 2.75) is 39.5 Å². The molecule has 0 fully saturated rings. The first-order valence-electron chi connectivity index (χ1n) is 6.28. The van der Waals surface area contributed by atoms with Crippen LogP contribution in [0.15, 0.2) is 22.7 Å². The van der Waals surface area contributed by atoms with Gasteiger partial charge in [-0.05, 0) is 29.7 Å². The molecule has 0 N–H and O–H groups in total. The molecule has 0 aliphatic carbocycles. The molecule has 19 heavy (non-hydrogen) atoms. The summed E-state index contributed by atoms with van der Waals surface area (Å²) in [4.78, 5) is 4.40. The molecule has 3 nitrogen and oxygen atoms in total. The number of aromatic nitrogens is 2. The predicted octanol–water partition coefficient (Wildman–Crippen LogP) is 5.34. The van der Waals surface area contributed by atoms with Crippen LogP contribution in [0.4, 0.5) is 0 Å². The van der Waals surface area contributed by atoms with E-state index < -0.39 is 0 Å². The molecule has 102 valence electrons. The molecule has 0 aliphatic rings. The Balaban J connectivity index is 2.27. The van der Waals surface area contributed by atoms with E-state index in [0.717, 1.165) is 21.6 Å². The van der Waals surface area contributed by atoms with Crippen molar-refractivity contribution in [3.63, 3.8) is 0 Å². The van der Waals surface area contributed by atoms with Gasteiger partial charge in [0.15, 0.2) is 0 Å². The monoisotopic (exact) mass is 340 g/mol. The third-order valence-corrected chi connectivity index (χ3v) is 3.83. The molecule has 2 aromatic rings. The Bertz CT molecular complexity index is 566. The predicted molar refractivity (Wildman–Crippen MR) is 82.3 cm³/mol. The fourth-order valence-electron chi connectivity index (χ4n) is 1.65. The third-order valence-electron chi connectivity index (χ3n) is 2.73. The standard InChI is InChI=1S/C14H17BrN2OS/c1-8(2)11-7-10(15)5-6-12(11)18-14-16-13(9(3)4)17-19-14/h5-9H,1-4H3. The molecule has 0 bridgehead atoms. The Labute approximate surface area is 126 Å². The van der Waals surface area contributed by atoms with E-state index in [4.69, 9.17) is 4.74 Å². The first-order chi connectivity index (χ1) is 8.97. The Morgan fingerprint density at radius 3 is 2.47 bits per heavy atom. The zero-order valence-corrected chi connectivity index (χ0v) is 13.9. The molecular weight excluding hydrogens is 324 g/mol. The summed E-state index contributed by atoms with van der Waals surface area (Å²) in [6, 6.07) is 6.03. The summed E-state index contributed by atoms with van der Waals surface area (Å²) in [5.41, 5.74) is 1.16. The van der Waals surface area contributed by atoms with Gasteiger partial charge in [0.2, 0.25) is 0 Å². The van der Waals surface area contributed by atoms with E-state index in [1.54, 1.807) is 0 Å². The number of hydrogen-bond donors (Lipinski definition) is 0. The van der Waals surface area contributed by atoms with Crippen LogP contribution < -0.4 is 4.74 Å². The van der Waals surface area contributed by atoms with Gasteiger partial charge in [-0.15, -0.1) is 0 Å². The second-order valence-electron chi connectivity index (χ2n) is 5.01. The van der Waals surface area contributed by atoms with Crippen molar-refractivity contribution in [1.82, 2.24) is 9.36 Å². The summed E-state index contributed by atoms with van der Waals surface area (Å²) in [5, 5.41) is 0.605. The highest BCUT2D eigenvalue weighted by Gasteiger charge is 2.13. The minimum absolute atomic E-state index is 0.322. The first-order valence-corrected chi connectivity index (χ1v) is 7.85. The van der Waals surface area contributed by atoms with Crippen molar-refractivity contribution in [1.29, 1.82) is 0 Å². The van der Waals surface area contributed by atoms with Crippen LogP contribution in [0.25, 0.3) is 0 Å². The van der Waals surface area contributed by atoms with Crippen molar-refractivity contribution in [3.05, 3.63) is 34.1 Å². The van der Waals surface area contributed by atoms with E-state index in [2.05, 4.69) is 59.0 Å². The van der Waals surface area contributed by atoms with Crippen molar-refractivity contribution >= 4 is 27.5 Å². The maximum atomic E-state index is 5.88. The Kier molecular flexibility index (Phi) is 4.58. The number of ether oxygens (including phenoxy) is 1. The highest BCUT2D eigenvalue weighted by molar-refractivity contribution is 9.10. The maximum absolute atomic E-state index is 5.88. The molecule has 0 atom stereocenters. The van der Waals surface area contributed by atoms with Gasteiger partial charge in [0.25, 0.3) is 5.19 Å². The number of hydrogen-bond acceptors (Lipinski definition) is 4. The maximum Gasteiger partial charge on any atom is 0.298 e. The van der Waals surface area contributed by atoms with Crippen molar-refractivity contribution < 1.29 is 4.74 Å². The molecule has 1 heterocycles. The lowest BCUT2D eigenvalue weighted by Gasteiger charge is -2.12. The van der Waals surface area contributed by atoms with Crippen molar-refractivity contribution in [2.75, 3.05) is 0 Å². The van der Waals surface area contributed by atoms with E-state index in [1.165, 1.54) is 11.5 Å². The quantitative estimate of drug-likeness (QED) is 0.753. The lowest BCUT2D eigenvalue weighted by Crippen LogP contribution is -1.94. The lowest BCUT2D eigenvalue weighted by atomic mass is 10.0. The first kappa shape index (κ1) is 14.5. The van der Waals surface area contributed by atoms with Gasteiger partial charge in [0.1, 0.15) is 11.6 Å². The molecule has 5 heteroatoms. The summed E-state index contributed by atoms with van der Waals surface area (Å²) in [6.45, 7) is 8.44. The second kappa shape index (κ2) is 6.01. The Morgan fingerprint density at radius 1 is 1.16 bits per heavy atom. The molecule has 0 aliphatic heterocycles. The van der Waals surface area contributed by atoms with Crippen LogP contribution in [0.5, 0.6) is 10.9 Å². The summed E-state index contributed by atoms with van der Waals surface area (Å²) < 4.78 is 11.2. The van der Waals surface area contributed by atoms with Crippen LogP contribution in [0, 0.1) is 0 Å². The zero-order valence-electron chi connectivity index (χ0n) is 11.5. The van der Waals surface area contributed by atoms with Gasteiger partial charge < -0.3 is 4.74 Å². The summed E-state index contributed by atoms with van der Waals surface area (Å²) >= 11 is 4.79. The minimum atomic E-state index is 0.322. The Morgan fingerprint density at radius 2 is 1.89 bits per heavy atom. The molecule has 1 aromatic carbocycles. The average Bonchev–Trinajstić information content (AvgIpc) is 2.80. The molecule has 0 spiro atoms. The molecule has 0 amide bonds. The van der Waals surface area contributed by atoms with Crippen molar-refractivity contribution in [3.8, 4) is 10.9 Å². The fraction of sp³-hybridized carbons (Fsp3) is 0.429. The van der Waals surface area contributed by atoms with Gasteiger partial charge in [-0.3, -0.25) is 0 Å². The van der Waals surface area contributed by atoms with Gasteiger partial charge in [-0.1, -0.05) is 43.6 Å². The van der Waals surface area contributed by atoms with Crippen LogP contribution in [0.3, 0.4) is 0 Å². The number of rotatable bonds is 4. The van der Waals surface area contributed by atoms with Crippen LogP contribution in [0.1, 0.15) is 50.9 Å². The van der Waals surface area contributed by atoms with Crippen LogP contribution >= 0.6 is 27.5 Å². The van der Waals surface area contributed by atoms with E-state index in [1.807, 2.05) is 12.1 Å². The second-order valence-corrected chi connectivity index (χ2v) is 6.64. The largest absolute Gasteiger partial charge is 0.430 e. The van der Waals surface area contributed by atoms with Gasteiger partial charge in [-0.25, -0.2) is 0 Å². The molecule has 0 saturated heterocycles. The van der Waals surface area contributed by atoms with E-state index in [0.29, 0.717) is 17.0 Å². The van der Waals surface area contributed by atoms with Crippen molar-refractivity contribution in [2.24, 2.45) is 0 Å². The minimum Gasteiger partial charge on any atom is -0.430 e. The zero-order chi connectivity index (χ0) is 14.0. The summed E-state index contributed by atoms with van der Waals surface area (Å²) in [7, 11) is 0. The average molecular weight is 341 g/mol. The van der Waals surface area contributed by atoms with Gasteiger partial charge >= 0.3 is 0 Å². The molecule has 0 saturated carbocycles. The van der Waals surface area contributed by atoms with Gasteiger partial charge in [0, 0.05) is 21.9 Å². The fourth-order valence-corrected chi connectivity index (χ4v) is 2.72. The normalized spacial score (nSPS) is 11.3. The van der Waals surface area contributed by atoms with Gasteiger partial charge in [0.05, 0.1) is 0 Å². The van der Waals surface area contributed by atoms with Gasteiger partial charge in [-0.2, -0.15) is 9.36 Å². The SMILES string of the molecule is CC(C)c1nsc(Oc2ccc(Br)cc2C(C)C)n1. The summed E-state index contributed by atoms with van der Waals surface area (Å²) in [5.74, 6) is 2.40. The van der Waals surface area contributed by atoms with Crippen LogP contribution in [0.2, 0.25) is 0 Å². The van der Waals surface area contributed by atoms with Crippen LogP contribution in [-0.2, 0) is 0 Å². The topological polar surface area (TPSA) is 35.0 Å². The smallest absolute Gasteiger partial charge is 0.298 e. The van der Waals surface area contributed by atoms with E-state index >= 15 is 0 Å². The Hall–Kier alpha value is -0.940. The highest BCUT2D eigenvalue weighted by Crippen LogP contribution is 2.33. The number of nitrogens with zero attached hydrogens (tertiary/aromatic N) is 2. The number of benzene rings is 1. The molecule has 1 aromatic heterocycles. The highest BCUT2D eigenvalue weighted by atomic mass is 79.9. The summed E-state index contributed by atoms with van der Waals surface area (Å²) in [6.07, 6.45) is 0. The molecule has 0 unspecified atom stereocenters. The molecule has 2 rings (SSSR count). The van der Waals surface area contributed by atoms with E-state index in [9.17, 15) is 0 Å². The van der Waals surface area contributed by atoms with E-state index in [-0.39, 0.29) is 0 Å². The third kappa shape index (κ3) is 3.54. The molecule has 0 radical (unpaired) electrons.